The minimum absolute atomic E-state index is 0.0120. The molecule has 3 fully saturated rings. The van der Waals surface area contributed by atoms with E-state index in [0.717, 1.165) is 84.7 Å². The van der Waals surface area contributed by atoms with E-state index in [9.17, 15) is 5.11 Å². The number of benzene rings is 6. The van der Waals surface area contributed by atoms with Gasteiger partial charge in [-0.2, -0.15) is 23.5 Å². The molecule has 2 aromatic heterocycles. The van der Waals surface area contributed by atoms with Gasteiger partial charge in [0.1, 0.15) is 36.0 Å². The second kappa shape index (κ2) is 44.1. The fourth-order valence-electron chi connectivity index (χ4n) is 20.7. The fourth-order valence-corrected chi connectivity index (χ4v) is 22.9. The van der Waals surface area contributed by atoms with Gasteiger partial charge in [-0.15, -0.1) is 0 Å². The molecule has 0 radical (unpaired) electrons. The van der Waals surface area contributed by atoms with E-state index in [-0.39, 0.29) is 88.4 Å². The summed E-state index contributed by atoms with van der Waals surface area (Å²) in [6, 6.07) is 42.3. The van der Waals surface area contributed by atoms with E-state index in [0.29, 0.717) is 110 Å². The third-order valence-electron chi connectivity index (χ3n) is 27.2. The highest BCUT2D eigenvalue weighted by Crippen LogP contribution is 2.50. The molecule has 3 aliphatic carbocycles. The van der Waals surface area contributed by atoms with Crippen molar-refractivity contribution in [1.29, 1.82) is 0 Å². The maximum Gasteiger partial charge on any atom is 0.243 e. The number of likely N-dealkylation sites (tertiary alicyclic amines) is 2. The highest BCUT2D eigenvalue weighted by atomic mass is 32.2. The lowest BCUT2D eigenvalue weighted by molar-refractivity contribution is -0.136. The standard InChI is InChI=1S/C100H128N14O9S2/c1-63(115)94-91(118)56-72(47-64-23-8-4-9-24-64)89(116)38-15-7-14-37-86(114(43-45-124-61-67-48-78-76-32-20-29-69-39-40-70(92(69)76)53-87(78)112(2)59-67)44-46-125-62-68-49-79-77-33-21-36-81-93(77)74(58-106-81)54-88(79)113(3)60-68)90(117)55-71(30-22-42-104-100(102)103)95(119)108-83(50-65-25-10-5-11-26-65)97(121)109-84(51-66-27-12-6-13-28-66)98(122)110-85(52-73-57-105-80-34-17-16-31-75(73)80)99(123)107-82(96(120)111-94)35-18-19-41-101/h4-6,8-13,16-17,20-21,23-29,31-34,36,40,57-58,63,67-68,71-72,78-79,82-88,94,105-106,115H,7,14-15,18-19,22,30,35,37-39,41-56,59-62,101H2,1-3H3,(H,107,123)(H,108,119)(H,109,121)(H,110,122)(H,111,120)(H4,102,103,104)/t63-,67-,68-,71-,72-,78-,79-,82+,83+,84+,85-,86-,87-,88-,94+/m1/s1. The number of hydrogen-bond acceptors (Lipinski definition) is 16. The first-order valence-corrected chi connectivity index (χ1v) is 47.9. The number of aromatic amines is 2. The Morgan fingerprint density at radius 2 is 1.10 bits per heavy atom. The Bertz CT molecular complexity index is 5080. The molecule has 6 aliphatic rings. The van der Waals surface area contributed by atoms with Crippen LogP contribution < -0.4 is 43.8 Å². The number of carbonyl (C=O) groups excluding carboxylic acids is 8. The first-order valence-electron chi connectivity index (χ1n) is 45.6. The maximum atomic E-state index is 16.4. The molecule has 8 aromatic rings. The number of aromatic nitrogens is 2. The number of fused-ring (bicyclic) bond motifs is 5. The summed E-state index contributed by atoms with van der Waals surface area (Å²) in [5, 5.41) is 28.7. The van der Waals surface area contributed by atoms with Crippen molar-refractivity contribution in [2.45, 2.75) is 208 Å². The molecule has 3 aliphatic heterocycles. The van der Waals surface area contributed by atoms with Crippen LogP contribution in [0.2, 0.25) is 0 Å². The summed E-state index contributed by atoms with van der Waals surface area (Å²) in [6.45, 7) is 5.02. The molecule has 0 spiro atoms. The number of aliphatic hydroxyl groups is 1. The third-order valence-corrected chi connectivity index (χ3v) is 29.5. The Hall–Kier alpha value is -9.73. The number of thioether (sulfide) groups is 2. The van der Waals surface area contributed by atoms with Gasteiger partial charge in [-0.25, -0.2) is 0 Å². The Labute approximate surface area is 744 Å². The molecule has 0 unspecified atom stereocenters. The van der Waals surface area contributed by atoms with Crippen molar-refractivity contribution in [2.24, 2.45) is 45.9 Å². The zero-order chi connectivity index (χ0) is 87.5. The largest absolute Gasteiger partial charge is 0.391 e. The van der Waals surface area contributed by atoms with E-state index < -0.39 is 89.5 Å². The second-order valence-electron chi connectivity index (χ2n) is 36.1. The number of guanidine groups is 1. The molecule has 664 valence electrons. The van der Waals surface area contributed by atoms with Crippen LogP contribution in [0.15, 0.2) is 175 Å². The van der Waals surface area contributed by atoms with Crippen LogP contribution in [0.3, 0.4) is 0 Å². The number of ketones is 3. The van der Waals surface area contributed by atoms with Crippen LogP contribution >= 0.6 is 23.5 Å². The van der Waals surface area contributed by atoms with Crippen LogP contribution in [0.4, 0.5) is 0 Å². The maximum absolute atomic E-state index is 16.4. The molecular formula is C100H128N14O9S2. The monoisotopic (exact) mass is 1730 g/mol. The van der Waals surface area contributed by atoms with Crippen molar-refractivity contribution in [3.63, 3.8) is 0 Å². The quantitative estimate of drug-likeness (QED) is 0.0123. The number of Topliss-reactive ketones (excluding diaryl/α,β-unsaturated/α-hetero) is 3. The SMILES string of the molecule is C[C@@H](O)[C@@H]1NC(=O)[C@H](CCCCN)NC(=O)[C@@H](Cc2c[nH]c3ccccc23)NC(=O)[C@H](Cc2ccccc2)NC(=O)[C@H](Cc2ccccc2)NC(=O)[C@H](CCCN=C(N)N)CC(=O)[C@H](N(CCSC[C@@H]2C[C@@H]3c4cccc5c4C(=CC5)C[C@H]3N(C)C2)CCSC[C@@H]2C[C@@H]3c4cccc5[nH]cc(c45)C[C@H]3N(C)C2)CCCCCC(=O)[C@H](Cc2ccccc2)CC1=O. The summed E-state index contributed by atoms with van der Waals surface area (Å²) in [5.41, 5.74) is 31.5. The molecule has 5 amide bonds. The topological polar surface area (TPSA) is 349 Å². The minimum Gasteiger partial charge on any atom is -0.391 e. The molecule has 14 rings (SSSR count). The normalized spacial score (nSPS) is 25.7. The van der Waals surface area contributed by atoms with Gasteiger partial charge < -0.3 is 68.7 Å². The third kappa shape index (κ3) is 23.7. The van der Waals surface area contributed by atoms with Crippen molar-refractivity contribution >= 4 is 104 Å². The number of rotatable bonds is 28. The number of H-pyrrole nitrogens is 2. The molecule has 0 saturated carbocycles. The zero-order valence-corrected chi connectivity index (χ0v) is 74.4. The molecule has 0 bridgehead atoms. The van der Waals surface area contributed by atoms with Crippen LogP contribution in [0.25, 0.3) is 27.4 Å². The Morgan fingerprint density at radius 3 is 1.74 bits per heavy atom. The molecular weight excluding hydrogens is 1610 g/mol. The number of aliphatic imine (C=N–C) groups is 1. The van der Waals surface area contributed by atoms with Gasteiger partial charge >= 0.3 is 0 Å². The van der Waals surface area contributed by atoms with Crippen LogP contribution in [0.5, 0.6) is 0 Å². The van der Waals surface area contributed by atoms with Crippen molar-refractivity contribution in [3.05, 3.63) is 220 Å². The van der Waals surface area contributed by atoms with Gasteiger partial charge in [0.15, 0.2) is 17.5 Å². The van der Waals surface area contributed by atoms with Crippen LogP contribution in [-0.4, -0.2) is 213 Å². The number of carbonyl (C=O) groups is 8. The van der Waals surface area contributed by atoms with E-state index in [1.807, 2.05) is 139 Å². The number of allylic oxidation sites excluding steroid dienone is 1. The highest BCUT2D eigenvalue weighted by molar-refractivity contribution is 7.99. The predicted molar refractivity (Wildman–Crippen MR) is 500 cm³/mol. The summed E-state index contributed by atoms with van der Waals surface area (Å²) in [6.07, 6.45) is 13.3. The molecule has 3 saturated heterocycles. The molecule has 6 aromatic carbocycles. The average Bonchev–Trinajstić information content (AvgIpc) is 1.66. The van der Waals surface area contributed by atoms with E-state index in [1.165, 1.54) is 51.2 Å². The first-order chi connectivity index (χ1) is 60.7. The highest BCUT2D eigenvalue weighted by Gasteiger charge is 2.44. The number of para-hydroxylation sites is 1. The fraction of sp³-hybridized carbons (Fsp3) is 0.490. The summed E-state index contributed by atoms with van der Waals surface area (Å²) >= 11 is 3.89. The van der Waals surface area contributed by atoms with Crippen molar-refractivity contribution in [3.8, 4) is 0 Å². The molecule has 14 N–H and O–H groups in total. The number of piperidine rings is 2. The summed E-state index contributed by atoms with van der Waals surface area (Å²) in [5.74, 6) is -1.20. The van der Waals surface area contributed by atoms with Gasteiger partial charge in [0, 0.05) is 153 Å². The number of likely N-dealkylation sites (N-methyl/N-ethyl adjacent to an activating group) is 2. The molecule has 23 nitrogen and oxygen atoms in total. The van der Waals surface area contributed by atoms with E-state index in [1.54, 1.807) is 6.20 Å². The lowest BCUT2D eigenvalue weighted by Crippen LogP contribution is -2.60. The molecule has 5 heterocycles. The number of amides is 5. The second-order valence-corrected chi connectivity index (χ2v) is 38.4. The summed E-state index contributed by atoms with van der Waals surface area (Å²) in [7, 11) is 4.58. The number of nitrogens with zero attached hydrogens (tertiary/aromatic N) is 4. The number of aliphatic hydroxyl groups excluding tert-OH is 1. The van der Waals surface area contributed by atoms with E-state index in [2.05, 4.69) is 119 Å². The van der Waals surface area contributed by atoms with Gasteiger partial charge in [-0.1, -0.05) is 158 Å². The predicted octanol–water partition coefficient (Wildman–Crippen LogP) is 10.8. The van der Waals surface area contributed by atoms with Crippen LogP contribution in [0.1, 0.15) is 165 Å². The van der Waals surface area contributed by atoms with Crippen molar-refractivity contribution in [1.82, 2.24) is 51.3 Å². The number of unbranched alkanes of at least 4 members (excludes halogenated alkanes) is 1. The summed E-state index contributed by atoms with van der Waals surface area (Å²) < 4.78 is 0. The van der Waals surface area contributed by atoms with Crippen molar-refractivity contribution in [2.75, 3.05) is 76.4 Å². The van der Waals surface area contributed by atoms with Gasteiger partial charge in [0.2, 0.25) is 29.5 Å². The summed E-state index contributed by atoms with van der Waals surface area (Å²) in [4.78, 5) is 143. The van der Waals surface area contributed by atoms with Crippen LogP contribution in [-0.2, 0) is 76.9 Å². The minimum atomic E-state index is -1.49. The van der Waals surface area contributed by atoms with E-state index >= 15 is 38.4 Å². The van der Waals surface area contributed by atoms with Crippen molar-refractivity contribution < 1.29 is 43.5 Å². The van der Waals surface area contributed by atoms with Gasteiger partial charge in [0.05, 0.1) is 12.1 Å². The smallest absolute Gasteiger partial charge is 0.243 e. The van der Waals surface area contributed by atoms with Crippen LogP contribution in [0, 0.1) is 23.7 Å². The number of hydrogen-bond donors (Lipinski definition) is 11. The van der Waals surface area contributed by atoms with Gasteiger partial charge in [-0.05, 0) is 202 Å². The zero-order valence-electron chi connectivity index (χ0n) is 72.8. The van der Waals surface area contributed by atoms with E-state index in [4.69, 9.17) is 17.2 Å². The lowest BCUT2D eigenvalue weighted by Gasteiger charge is -2.47. The number of nitrogens with two attached hydrogens (primary N) is 3. The Kier molecular flexibility index (Phi) is 32.3. The van der Waals surface area contributed by atoms with Gasteiger partial charge in [-0.3, -0.25) is 48.2 Å². The first kappa shape index (κ1) is 91.5. The Morgan fingerprint density at radius 1 is 0.536 bits per heavy atom. The number of nitrogens with one attached hydrogen (secondary N) is 7. The average molecular weight is 1730 g/mol. The molecule has 125 heavy (non-hydrogen) atoms. The lowest BCUT2D eigenvalue weighted by atomic mass is 9.70. The molecule has 25 heteroatoms. The molecule has 15 atom stereocenters. The van der Waals surface area contributed by atoms with Gasteiger partial charge in [0.25, 0.3) is 0 Å². The Balaban J connectivity index is 0.795.